The van der Waals surface area contributed by atoms with Gasteiger partial charge in [-0.1, -0.05) is 18.1 Å². The van der Waals surface area contributed by atoms with E-state index in [4.69, 9.17) is 20.9 Å². The molecule has 7 fully saturated rings. The van der Waals surface area contributed by atoms with Crippen molar-refractivity contribution in [3.63, 3.8) is 0 Å². The summed E-state index contributed by atoms with van der Waals surface area (Å²) in [6.07, 6.45) is 16.0. The molecule has 3 N–H and O–H groups in total. The molecule has 7 aliphatic rings. The summed E-state index contributed by atoms with van der Waals surface area (Å²) in [5.41, 5.74) is 0.812. The van der Waals surface area contributed by atoms with Gasteiger partial charge in [-0.05, 0) is 144 Å². The fourth-order valence-electron chi connectivity index (χ4n) is 14.8. The fourth-order valence-corrected chi connectivity index (χ4v) is 14.8. The summed E-state index contributed by atoms with van der Waals surface area (Å²) < 4.78 is 48.1. The van der Waals surface area contributed by atoms with Gasteiger partial charge in [0.1, 0.15) is 47.9 Å². The van der Waals surface area contributed by atoms with Gasteiger partial charge in [0.15, 0.2) is 5.82 Å². The number of imidazole rings is 1. The first kappa shape index (κ1) is 54.0. The van der Waals surface area contributed by atoms with Crippen LogP contribution >= 0.6 is 0 Å². The number of benzene rings is 3. The Kier molecular flexibility index (Phi) is 14.0. The second-order valence-electron chi connectivity index (χ2n) is 24.3. The highest BCUT2D eigenvalue weighted by atomic mass is 19.1. The zero-order chi connectivity index (χ0) is 56.8. The number of anilines is 1. The molecule has 3 aromatic heterocycles. The van der Waals surface area contributed by atoms with E-state index in [2.05, 4.69) is 48.0 Å². The highest BCUT2D eigenvalue weighted by Gasteiger charge is 2.51. The molecule has 0 aliphatic carbocycles. The van der Waals surface area contributed by atoms with Gasteiger partial charge in [-0.2, -0.15) is 9.97 Å². The number of carbonyl (C=O) groups is 3. The van der Waals surface area contributed by atoms with E-state index in [-0.39, 0.29) is 94.9 Å². The van der Waals surface area contributed by atoms with Crippen molar-refractivity contribution in [1.29, 1.82) is 0 Å². The molecular weight excluding hydrogens is 1050 g/mol. The number of β-amino-alcohol motifs (C(OH)–C–C–N with tert-alkyl or cyclic N) is 1. The number of nitrogens with one attached hydrogen (secondary N) is 1. The number of piperidine rings is 4. The molecule has 0 bridgehead atoms. The Morgan fingerprint density at radius 3 is 2.45 bits per heavy atom. The Morgan fingerprint density at radius 2 is 1.68 bits per heavy atom. The maximum atomic E-state index is 17.2. The van der Waals surface area contributed by atoms with Gasteiger partial charge in [-0.3, -0.25) is 43.7 Å². The van der Waals surface area contributed by atoms with Gasteiger partial charge in [-0.25, -0.2) is 18.4 Å². The minimum Gasteiger partial charge on any atom is -0.508 e. The van der Waals surface area contributed by atoms with E-state index in [1.807, 2.05) is 15.9 Å². The van der Waals surface area contributed by atoms with E-state index >= 15 is 8.78 Å². The molecule has 10 heterocycles. The zero-order valence-corrected chi connectivity index (χ0v) is 46.4. The number of phenolic OH excluding ortho intramolecular Hbond substituents is 1. The monoisotopic (exact) mass is 1120 g/mol. The van der Waals surface area contributed by atoms with Crippen LogP contribution < -0.4 is 20.6 Å². The summed E-state index contributed by atoms with van der Waals surface area (Å²) >= 11 is 0. The number of aromatic nitrogens is 5. The highest BCUT2D eigenvalue weighted by molar-refractivity contribution is 6.03. The molecule has 13 rings (SSSR count). The summed E-state index contributed by atoms with van der Waals surface area (Å²) in [5.74, 6) is 0.718. The van der Waals surface area contributed by atoms with Crippen LogP contribution in [0.5, 0.6) is 11.8 Å². The number of aliphatic hydroxyl groups is 1. The molecule has 7 aliphatic heterocycles. The maximum absolute atomic E-state index is 17.2. The predicted octanol–water partition coefficient (Wildman–Crippen LogP) is 6.33. The molecule has 3 aromatic carbocycles. The molecular formula is C61H69F2N11O8. The number of aromatic hydroxyl groups is 1. The lowest BCUT2D eigenvalue weighted by molar-refractivity contribution is -0.135. The van der Waals surface area contributed by atoms with Gasteiger partial charge in [-0.15, -0.1) is 6.42 Å². The number of pyridine rings is 1. The van der Waals surface area contributed by atoms with E-state index in [1.54, 1.807) is 18.5 Å². The van der Waals surface area contributed by atoms with Gasteiger partial charge in [0.2, 0.25) is 11.8 Å². The zero-order valence-electron chi connectivity index (χ0n) is 46.4. The van der Waals surface area contributed by atoms with Crippen molar-refractivity contribution in [3.8, 4) is 35.4 Å². The normalized spacial score (nSPS) is 25.5. The van der Waals surface area contributed by atoms with Crippen molar-refractivity contribution < 1.29 is 42.9 Å². The van der Waals surface area contributed by atoms with Crippen molar-refractivity contribution in [3.05, 3.63) is 81.9 Å². The van der Waals surface area contributed by atoms with Crippen LogP contribution in [0, 0.1) is 24.0 Å². The SMILES string of the molecule is C#Cc1c(F)ccc2cc(O)cc(-c3ncc4c(N5CCC[C@@](C)(O)C5)nc(OC[C@@]56CCCN5[C@H](COC(=O)N5CCC(N7CC(N8CCC(c9ccc%10c(c9)n(C)c(=O)n%10C9CCC(=O)NC9=O)CC8)C7)CC5)CC6)nc4c3F)c12. The predicted molar refractivity (Wildman–Crippen MR) is 303 cm³/mol. The number of aryl methyl sites for hydroxylation is 1. The van der Waals surface area contributed by atoms with Crippen molar-refractivity contribution in [1.82, 2.24) is 49.0 Å². The number of fused-ring (bicyclic) bond motifs is 4. The number of amides is 3. The standard InChI is InChI=1S/C61H69F2N11O8/c1-4-43-46(62)9-7-38-27-42(75)29-44(51(38)43)53-52(63)54-45(30-64-53)55(71-21-5-18-60(2,80)34-71)67-57(66-54)82-35-61-19-6-22-73(61)40(13-20-61)33-81-59(79)70-25-16-39(17-26-70)72-31-41(32-72)69-23-14-36(15-24-69)37-8-10-47-49(28-37)68(3)58(78)74(47)48-11-12-50(76)65-56(48)77/h1,7-10,27-30,36,39-41,48,75,80H,5-6,11-26,31-35H2,2-3H3,(H,65,76,77)/t40-,48?,60+,61-/m0/s1. The number of hydrogen-bond acceptors (Lipinski definition) is 15. The number of halogens is 2. The maximum Gasteiger partial charge on any atom is 0.409 e. The third-order valence-electron chi connectivity index (χ3n) is 19.3. The lowest BCUT2D eigenvalue weighted by Gasteiger charge is -2.51. The van der Waals surface area contributed by atoms with Crippen LogP contribution in [0.15, 0.2) is 53.5 Å². The third-order valence-corrected chi connectivity index (χ3v) is 19.3. The summed E-state index contributed by atoms with van der Waals surface area (Å²) in [5, 5.41) is 25.2. The third kappa shape index (κ3) is 9.67. The van der Waals surface area contributed by atoms with Gasteiger partial charge < -0.3 is 29.5 Å². The first-order valence-corrected chi connectivity index (χ1v) is 29.1. The Hall–Kier alpha value is -7.25. The lowest BCUT2D eigenvalue weighted by atomic mass is 9.87. The van der Waals surface area contributed by atoms with E-state index in [0.29, 0.717) is 79.0 Å². The van der Waals surface area contributed by atoms with Crippen molar-refractivity contribution in [2.75, 3.05) is 77.0 Å². The van der Waals surface area contributed by atoms with E-state index < -0.39 is 29.2 Å². The van der Waals surface area contributed by atoms with Crippen LogP contribution in [0.25, 0.3) is 44.0 Å². The molecule has 3 amide bonds. The average Bonchev–Trinajstić information content (AvgIpc) is 4.28. The molecule has 19 nitrogen and oxygen atoms in total. The first-order valence-electron chi connectivity index (χ1n) is 29.1. The summed E-state index contributed by atoms with van der Waals surface area (Å²) in [7, 11) is 1.74. The smallest absolute Gasteiger partial charge is 0.409 e. The topological polar surface area (TPSA) is 204 Å². The number of likely N-dealkylation sites (tertiary alicyclic amines) is 3. The second kappa shape index (κ2) is 21.2. The number of rotatable bonds is 11. The van der Waals surface area contributed by atoms with Crippen LogP contribution in [-0.2, 0) is 21.4 Å². The molecule has 4 atom stereocenters. The summed E-state index contributed by atoms with van der Waals surface area (Å²) in [6.45, 7) is 9.17. The number of nitrogens with zero attached hydrogens (tertiary/aromatic N) is 10. The molecule has 0 radical (unpaired) electrons. The second-order valence-corrected chi connectivity index (χ2v) is 24.3. The van der Waals surface area contributed by atoms with Crippen molar-refractivity contribution >= 4 is 56.4 Å². The Morgan fingerprint density at radius 1 is 0.890 bits per heavy atom. The largest absolute Gasteiger partial charge is 0.508 e. The number of carbonyl (C=O) groups excluding carboxylic acids is 3. The summed E-state index contributed by atoms with van der Waals surface area (Å²) in [4.78, 5) is 76.9. The van der Waals surface area contributed by atoms with Crippen LogP contribution in [-0.4, -0.2) is 173 Å². The van der Waals surface area contributed by atoms with Crippen LogP contribution in [0.3, 0.4) is 0 Å². The van der Waals surface area contributed by atoms with E-state index in [9.17, 15) is 29.4 Å². The molecule has 430 valence electrons. The molecule has 1 unspecified atom stereocenters. The number of imide groups is 1. The van der Waals surface area contributed by atoms with Crippen molar-refractivity contribution in [2.24, 2.45) is 7.05 Å². The Labute approximate surface area is 473 Å². The van der Waals surface area contributed by atoms with Crippen molar-refractivity contribution in [2.45, 2.75) is 125 Å². The minimum absolute atomic E-state index is 0.00104. The van der Waals surface area contributed by atoms with Gasteiger partial charge in [0.25, 0.3) is 0 Å². The van der Waals surface area contributed by atoms with Crippen LogP contribution in [0.4, 0.5) is 19.4 Å². The number of ether oxygens (including phenoxy) is 2. The number of phenols is 1. The lowest BCUT2D eigenvalue weighted by Crippen LogP contribution is -2.64. The quantitative estimate of drug-likeness (QED) is 0.0958. The Bertz CT molecular complexity index is 3650. The number of hydrogen-bond donors (Lipinski definition) is 3. The molecule has 21 heteroatoms. The van der Waals surface area contributed by atoms with Crippen LogP contribution in [0.2, 0.25) is 0 Å². The summed E-state index contributed by atoms with van der Waals surface area (Å²) in [6, 6.07) is 11.8. The minimum atomic E-state index is -1.02. The first-order chi connectivity index (χ1) is 39.5. The highest BCUT2D eigenvalue weighted by Crippen LogP contribution is 2.44. The molecule has 82 heavy (non-hydrogen) atoms. The molecule has 6 aromatic rings. The van der Waals surface area contributed by atoms with Crippen LogP contribution in [0.1, 0.15) is 107 Å². The van der Waals surface area contributed by atoms with Gasteiger partial charge >= 0.3 is 17.8 Å². The average molecular weight is 1120 g/mol. The number of terminal acetylenes is 1. The molecule has 0 spiro atoms. The van der Waals surface area contributed by atoms with E-state index in [1.165, 1.54) is 40.6 Å². The molecule has 7 saturated heterocycles. The van der Waals surface area contributed by atoms with Gasteiger partial charge in [0.05, 0.1) is 33.1 Å². The Balaban J connectivity index is 0.610. The fraction of sp³-hybridized carbons (Fsp3) is 0.525. The van der Waals surface area contributed by atoms with E-state index in [0.717, 1.165) is 89.6 Å². The molecule has 0 saturated carbocycles. The van der Waals surface area contributed by atoms with Gasteiger partial charge in [0, 0.05) is 88.0 Å².